The number of hydrogen-bond donors (Lipinski definition) is 2. The Morgan fingerprint density at radius 1 is 1.12 bits per heavy atom. The summed E-state index contributed by atoms with van der Waals surface area (Å²) in [7, 11) is 0. The second kappa shape index (κ2) is 8.17. The van der Waals surface area contributed by atoms with Gasteiger partial charge < -0.3 is 15.6 Å². The lowest BCUT2D eigenvalue weighted by Gasteiger charge is -2.18. The number of para-hydroxylation sites is 2. The van der Waals surface area contributed by atoms with Crippen LogP contribution in [0.25, 0.3) is 22.2 Å². The van der Waals surface area contributed by atoms with Gasteiger partial charge in [-0.15, -0.1) is 11.0 Å². The van der Waals surface area contributed by atoms with Gasteiger partial charge in [0.1, 0.15) is 5.56 Å². The molecule has 1 unspecified atom stereocenters. The van der Waals surface area contributed by atoms with Gasteiger partial charge in [-0.3, -0.25) is 4.79 Å². The van der Waals surface area contributed by atoms with Crippen molar-refractivity contribution in [2.45, 2.75) is 19.9 Å². The Kier molecular flexibility index (Phi) is 5.04. The lowest BCUT2D eigenvalue weighted by atomic mass is 10.1. The van der Waals surface area contributed by atoms with Crippen molar-refractivity contribution >= 4 is 28.3 Å². The molecule has 0 fully saturated rings. The number of nitrogens with two attached hydrogens (primary N) is 1. The van der Waals surface area contributed by atoms with Crippen LogP contribution in [0.5, 0.6) is 0 Å². The minimum atomic E-state index is -0.328. The fraction of sp³-hybridized carbons (Fsp3) is 0.115. The number of rotatable bonds is 4. The molecule has 0 radical (unpaired) electrons. The average molecular weight is 435 g/mol. The van der Waals surface area contributed by atoms with Crippen LogP contribution in [0.4, 0.5) is 5.82 Å². The van der Waals surface area contributed by atoms with Crippen LogP contribution in [0.15, 0.2) is 73.1 Å². The number of carbonyl (C=O) groups excluding carboxylic acids is 1. The minimum absolute atomic E-state index is 0.141. The van der Waals surface area contributed by atoms with Crippen molar-refractivity contribution < 1.29 is 4.79 Å². The second-order valence-corrected chi connectivity index (χ2v) is 7.70. The molecule has 0 bridgehead atoms. The van der Waals surface area contributed by atoms with E-state index in [1.165, 1.54) is 4.52 Å². The van der Waals surface area contributed by atoms with E-state index in [1.54, 1.807) is 18.5 Å². The van der Waals surface area contributed by atoms with Crippen molar-refractivity contribution in [1.82, 2.24) is 24.5 Å². The molecule has 3 N–H and O–H groups in total. The molecule has 0 aliphatic heterocycles. The molecule has 3 aromatic heterocycles. The number of nitrogens with zero attached hydrogens (tertiary/aromatic N) is 4. The van der Waals surface area contributed by atoms with Crippen LogP contribution in [0.3, 0.4) is 0 Å². The third-order valence-electron chi connectivity index (χ3n) is 5.57. The Morgan fingerprint density at radius 3 is 2.73 bits per heavy atom. The molecule has 3 heterocycles. The topological polar surface area (TPSA) is 90.2 Å². The first-order valence-corrected chi connectivity index (χ1v) is 10.6. The van der Waals surface area contributed by atoms with E-state index < -0.39 is 0 Å². The molecular formula is C26H22N6O. The van der Waals surface area contributed by atoms with Crippen LogP contribution in [0.1, 0.15) is 41.5 Å². The summed E-state index contributed by atoms with van der Waals surface area (Å²) in [6.07, 6.45) is 3.32. The first kappa shape index (κ1) is 20.3. The Morgan fingerprint density at radius 2 is 1.94 bits per heavy atom. The highest BCUT2D eigenvalue weighted by atomic mass is 16.1. The van der Waals surface area contributed by atoms with E-state index >= 15 is 0 Å². The van der Waals surface area contributed by atoms with Crippen LogP contribution in [-0.2, 0) is 0 Å². The highest BCUT2D eigenvalue weighted by Crippen LogP contribution is 2.31. The zero-order valence-electron chi connectivity index (χ0n) is 18.3. The number of nitrogen functional groups attached to an aromatic ring is 1. The second-order valence-electron chi connectivity index (χ2n) is 7.70. The molecule has 0 aliphatic rings. The molecule has 0 aliphatic carbocycles. The highest BCUT2D eigenvalue weighted by Gasteiger charge is 2.24. The first-order chi connectivity index (χ1) is 16.1. The highest BCUT2D eigenvalue weighted by molar-refractivity contribution is 6.04. The number of carbonyl (C=O) groups is 1. The van der Waals surface area contributed by atoms with E-state index in [1.807, 2.05) is 56.3 Å². The van der Waals surface area contributed by atoms with E-state index in [9.17, 15) is 4.79 Å². The summed E-state index contributed by atoms with van der Waals surface area (Å²) in [5.41, 5.74) is 10.6. The molecule has 1 amide bonds. The van der Waals surface area contributed by atoms with Gasteiger partial charge in [-0.2, -0.15) is 0 Å². The summed E-state index contributed by atoms with van der Waals surface area (Å²) in [5, 5.41) is 8.33. The summed E-state index contributed by atoms with van der Waals surface area (Å²) >= 11 is 0. The number of fused-ring (bicyclic) bond motifs is 2. The van der Waals surface area contributed by atoms with E-state index in [0.717, 1.165) is 27.8 Å². The van der Waals surface area contributed by atoms with Gasteiger partial charge >= 0.3 is 0 Å². The van der Waals surface area contributed by atoms with E-state index in [4.69, 9.17) is 5.73 Å². The first-order valence-electron chi connectivity index (χ1n) is 10.6. The molecule has 162 valence electrons. The Hall–Kier alpha value is -4.57. The molecule has 2 aromatic carbocycles. The number of aromatic nitrogens is 4. The molecule has 7 heteroatoms. The summed E-state index contributed by atoms with van der Waals surface area (Å²) in [5.74, 6) is 6.03. The van der Waals surface area contributed by atoms with Gasteiger partial charge in [0.2, 0.25) is 0 Å². The zero-order chi connectivity index (χ0) is 22.9. The number of nitrogens with one attached hydrogen (secondary N) is 1. The summed E-state index contributed by atoms with van der Waals surface area (Å²) < 4.78 is 3.66. The minimum Gasteiger partial charge on any atom is -0.381 e. The summed E-state index contributed by atoms with van der Waals surface area (Å²) in [6.45, 7) is 3.78. The van der Waals surface area contributed by atoms with Crippen molar-refractivity contribution in [2.24, 2.45) is 0 Å². The quantitative estimate of drug-likeness (QED) is 0.417. The predicted octanol–water partition coefficient (Wildman–Crippen LogP) is 4.12. The van der Waals surface area contributed by atoms with Crippen molar-refractivity contribution in [2.75, 3.05) is 5.73 Å². The van der Waals surface area contributed by atoms with Gasteiger partial charge in [0, 0.05) is 34.7 Å². The third-order valence-corrected chi connectivity index (χ3v) is 5.57. The van der Waals surface area contributed by atoms with Crippen LogP contribution in [0.2, 0.25) is 0 Å². The molecule has 7 nitrogen and oxygen atoms in total. The Balaban J connectivity index is 1.62. The fourth-order valence-electron chi connectivity index (χ4n) is 4.15. The normalized spacial score (nSPS) is 11.8. The lowest BCUT2D eigenvalue weighted by Crippen LogP contribution is -2.28. The monoisotopic (exact) mass is 434 g/mol. The van der Waals surface area contributed by atoms with Crippen molar-refractivity contribution in [3.05, 3.63) is 89.9 Å². The van der Waals surface area contributed by atoms with Crippen LogP contribution in [0, 0.1) is 11.8 Å². The SMILES string of the molecule is CC#Cc1cccc2cc(C(C)NC(=O)c3c(N)nn4cccnc34)n(-c3ccccc3)c12. The van der Waals surface area contributed by atoms with Gasteiger partial charge in [-0.25, -0.2) is 9.50 Å². The molecule has 5 aromatic rings. The summed E-state index contributed by atoms with van der Waals surface area (Å²) in [6, 6.07) is 19.6. The fourth-order valence-corrected chi connectivity index (χ4v) is 4.15. The maximum atomic E-state index is 13.2. The Bertz CT molecular complexity index is 1550. The summed E-state index contributed by atoms with van der Waals surface area (Å²) in [4.78, 5) is 17.5. The number of hydrogen-bond acceptors (Lipinski definition) is 4. The maximum absolute atomic E-state index is 13.2. The number of benzene rings is 2. The van der Waals surface area contributed by atoms with Crippen molar-refractivity contribution in [1.29, 1.82) is 0 Å². The third kappa shape index (κ3) is 3.48. The molecule has 1 atom stereocenters. The van der Waals surface area contributed by atoms with Gasteiger partial charge in [-0.05, 0) is 44.2 Å². The lowest BCUT2D eigenvalue weighted by molar-refractivity contribution is 0.0941. The van der Waals surface area contributed by atoms with Gasteiger partial charge in [0.15, 0.2) is 11.5 Å². The Labute approximate surface area is 190 Å². The number of amides is 1. The standard InChI is InChI=1S/C26H22N6O/c1-3-9-18-10-7-11-19-16-21(32(23(18)19)20-12-5-4-6-13-20)17(2)29-26(33)22-24(27)30-31-15-8-14-28-25(22)31/h4-8,10-17H,1-2H3,(H2,27,30)(H,29,33). The van der Waals surface area contributed by atoms with Crippen LogP contribution >= 0.6 is 0 Å². The van der Waals surface area contributed by atoms with Crippen molar-refractivity contribution in [3.63, 3.8) is 0 Å². The predicted molar refractivity (Wildman–Crippen MR) is 129 cm³/mol. The number of anilines is 1. The van der Waals surface area contributed by atoms with Gasteiger partial charge in [0.25, 0.3) is 5.91 Å². The van der Waals surface area contributed by atoms with Crippen LogP contribution in [-0.4, -0.2) is 25.1 Å². The van der Waals surface area contributed by atoms with E-state index in [0.29, 0.717) is 5.65 Å². The van der Waals surface area contributed by atoms with Crippen LogP contribution < -0.4 is 11.1 Å². The molecule has 5 rings (SSSR count). The maximum Gasteiger partial charge on any atom is 0.259 e. The molecule has 0 spiro atoms. The smallest absolute Gasteiger partial charge is 0.259 e. The molecule has 33 heavy (non-hydrogen) atoms. The average Bonchev–Trinajstić information content (AvgIpc) is 3.38. The largest absolute Gasteiger partial charge is 0.381 e. The molecule has 0 saturated heterocycles. The molecular weight excluding hydrogens is 412 g/mol. The van der Waals surface area contributed by atoms with E-state index in [-0.39, 0.29) is 23.3 Å². The molecule has 0 saturated carbocycles. The zero-order valence-corrected chi connectivity index (χ0v) is 18.3. The van der Waals surface area contributed by atoms with Gasteiger partial charge in [0.05, 0.1) is 11.6 Å². The van der Waals surface area contributed by atoms with Crippen molar-refractivity contribution in [3.8, 4) is 17.5 Å². The van der Waals surface area contributed by atoms with Gasteiger partial charge in [-0.1, -0.05) is 36.3 Å². The van der Waals surface area contributed by atoms with E-state index in [2.05, 4.69) is 43.9 Å².